The van der Waals surface area contributed by atoms with E-state index in [2.05, 4.69) is 33.8 Å². The minimum Gasteiger partial charge on any atom is -0.453 e. The molecule has 2 amide bonds. The zero-order chi connectivity index (χ0) is 33.8. The lowest BCUT2D eigenvalue weighted by Crippen LogP contribution is -2.62. The van der Waals surface area contributed by atoms with Crippen LogP contribution in [-0.4, -0.2) is 101 Å². The fourth-order valence-electron chi connectivity index (χ4n) is 7.04. The first-order chi connectivity index (χ1) is 21.7. The van der Waals surface area contributed by atoms with E-state index in [1.54, 1.807) is 11.1 Å². The van der Waals surface area contributed by atoms with Crippen LogP contribution in [0.1, 0.15) is 85.0 Å². The van der Waals surface area contributed by atoms with Gasteiger partial charge in [-0.05, 0) is 91.0 Å². The lowest BCUT2D eigenvalue weighted by atomic mass is 9.76. The predicted molar refractivity (Wildman–Crippen MR) is 178 cm³/mol. The van der Waals surface area contributed by atoms with E-state index in [1.165, 1.54) is 25.3 Å². The van der Waals surface area contributed by atoms with Crippen molar-refractivity contribution in [3.8, 4) is 11.6 Å². The standard InChI is InChI=1S/C35H53FN6O4/c1-10-41(25(4)5)32(43)27-20-26(36)13-14-30(27)46-31-29(15-17-37-38-31)39-19-16-35(21-39)22-40(23-35)28(24(2)3)12-11-18-42(33(44)45-9)34(6,7)8/h13-15,17,20,24-25,28H,10-12,16,18-19,21-23H2,1-9H3. The second-order valence-electron chi connectivity index (χ2n) is 14.5. The van der Waals surface area contributed by atoms with E-state index in [9.17, 15) is 14.0 Å². The Morgan fingerprint density at radius 2 is 1.83 bits per heavy atom. The normalized spacial score (nSPS) is 16.9. The Kier molecular flexibility index (Phi) is 11.2. The van der Waals surface area contributed by atoms with E-state index in [4.69, 9.17) is 9.47 Å². The highest BCUT2D eigenvalue weighted by Gasteiger charge is 2.50. The number of carbonyl (C=O) groups is 2. The van der Waals surface area contributed by atoms with Crippen LogP contribution in [0.15, 0.2) is 30.5 Å². The largest absolute Gasteiger partial charge is 0.453 e. The van der Waals surface area contributed by atoms with Gasteiger partial charge in [-0.1, -0.05) is 13.8 Å². The van der Waals surface area contributed by atoms with Crippen molar-refractivity contribution in [3.63, 3.8) is 0 Å². The van der Waals surface area contributed by atoms with Gasteiger partial charge in [0.25, 0.3) is 11.8 Å². The van der Waals surface area contributed by atoms with E-state index >= 15 is 0 Å². The maximum atomic E-state index is 14.3. The summed E-state index contributed by atoms with van der Waals surface area (Å²) < 4.78 is 25.6. The van der Waals surface area contributed by atoms with Crippen molar-refractivity contribution < 1.29 is 23.5 Å². The van der Waals surface area contributed by atoms with Crippen LogP contribution < -0.4 is 9.64 Å². The topological polar surface area (TPSA) is 91.3 Å². The van der Waals surface area contributed by atoms with Crippen molar-refractivity contribution in [2.45, 2.75) is 92.3 Å². The Morgan fingerprint density at radius 1 is 1.11 bits per heavy atom. The van der Waals surface area contributed by atoms with Crippen LogP contribution in [0.2, 0.25) is 0 Å². The monoisotopic (exact) mass is 640 g/mol. The number of hydrogen-bond acceptors (Lipinski definition) is 8. The van der Waals surface area contributed by atoms with Gasteiger partial charge in [-0.25, -0.2) is 9.18 Å². The molecule has 0 bridgehead atoms. The fraction of sp³-hybridized carbons (Fsp3) is 0.657. The van der Waals surface area contributed by atoms with Gasteiger partial charge < -0.3 is 24.2 Å². The quantitative estimate of drug-likeness (QED) is 0.261. The molecule has 2 aromatic rings. The number of hydrogen-bond donors (Lipinski definition) is 0. The van der Waals surface area contributed by atoms with Gasteiger partial charge in [0, 0.05) is 62.3 Å². The Balaban J connectivity index is 1.43. The molecule has 1 aromatic carbocycles. The van der Waals surface area contributed by atoms with Gasteiger partial charge >= 0.3 is 6.09 Å². The second-order valence-corrected chi connectivity index (χ2v) is 14.5. The van der Waals surface area contributed by atoms with Crippen LogP contribution >= 0.6 is 0 Å². The first-order valence-electron chi connectivity index (χ1n) is 16.6. The average Bonchev–Trinajstić information content (AvgIpc) is 3.42. The molecule has 0 N–H and O–H groups in total. The van der Waals surface area contributed by atoms with Crippen LogP contribution in [0.5, 0.6) is 11.6 Å². The van der Waals surface area contributed by atoms with Crippen LogP contribution in [0.3, 0.4) is 0 Å². The molecule has 3 heterocycles. The number of amides is 2. The predicted octanol–water partition coefficient (Wildman–Crippen LogP) is 6.46. The van der Waals surface area contributed by atoms with E-state index in [0.29, 0.717) is 30.9 Å². The van der Waals surface area contributed by atoms with E-state index in [0.717, 1.165) is 51.1 Å². The van der Waals surface area contributed by atoms with Crippen LogP contribution in [0, 0.1) is 17.2 Å². The Bertz CT molecular complexity index is 1360. The first-order valence-corrected chi connectivity index (χ1v) is 16.6. The van der Waals surface area contributed by atoms with Crippen molar-refractivity contribution in [2.24, 2.45) is 11.3 Å². The molecule has 2 aliphatic rings. The molecule has 2 aliphatic heterocycles. The number of aromatic nitrogens is 2. The fourth-order valence-corrected chi connectivity index (χ4v) is 7.04. The van der Waals surface area contributed by atoms with Gasteiger partial charge in [0.2, 0.25) is 0 Å². The third-order valence-corrected chi connectivity index (χ3v) is 9.45. The number of benzene rings is 1. The minimum absolute atomic E-state index is 0.0446. The first kappa shape index (κ1) is 35.4. The second kappa shape index (κ2) is 14.5. The number of anilines is 1. The van der Waals surface area contributed by atoms with Gasteiger partial charge in [0.15, 0.2) is 0 Å². The average molecular weight is 641 g/mol. The smallest absolute Gasteiger partial charge is 0.409 e. The van der Waals surface area contributed by atoms with Gasteiger partial charge in [-0.15, -0.1) is 5.10 Å². The maximum Gasteiger partial charge on any atom is 0.409 e. The summed E-state index contributed by atoms with van der Waals surface area (Å²) in [6.45, 7) is 21.3. The molecule has 10 nitrogen and oxygen atoms in total. The number of rotatable bonds is 12. The zero-order valence-corrected chi connectivity index (χ0v) is 29.2. The molecule has 4 rings (SSSR count). The van der Waals surface area contributed by atoms with Crippen LogP contribution in [-0.2, 0) is 4.74 Å². The molecule has 2 saturated heterocycles. The number of likely N-dealkylation sites (tertiary alicyclic amines) is 1. The van der Waals surface area contributed by atoms with Crippen molar-refractivity contribution >= 4 is 17.7 Å². The molecule has 11 heteroatoms. The zero-order valence-electron chi connectivity index (χ0n) is 29.2. The lowest BCUT2D eigenvalue weighted by Gasteiger charge is -2.53. The Morgan fingerprint density at radius 3 is 2.43 bits per heavy atom. The molecule has 254 valence electrons. The third-order valence-electron chi connectivity index (χ3n) is 9.45. The number of carbonyl (C=O) groups excluding carboxylic acids is 2. The van der Waals surface area contributed by atoms with E-state index < -0.39 is 5.82 Å². The van der Waals surface area contributed by atoms with Crippen molar-refractivity contribution in [3.05, 3.63) is 41.8 Å². The molecular formula is C35H53FN6O4. The van der Waals surface area contributed by atoms with E-state index in [1.807, 2.05) is 52.5 Å². The SMILES string of the molecule is CCN(C(=O)c1cc(F)ccc1Oc1nnccc1N1CCC2(C1)CN(C(CCCN(C(=O)OC)C(C)(C)C)C(C)C)C2)C(C)C. The van der Waals surface area contributed by atoms with Crippen LogP contribution in [0.25, 0.3) is 0 Å². The van der Waals surface area contributed by atoms with Crippen molar-refractivity contribution in [2.75, 3.05) is 51.3 Å². The van der Waals surface area contributed by atoms with Gasteiger partial charge in [-0.2, -0.15) is 5.10 Å². The Hall–Kier alpha value is -3.47. The summed E-state index contributed by atoms with van der Waals surface area (Å²) in [6, 6.07) is 6.30. The third kappa shape index (κ3) is 7.90. The molecule has 1 aromatic heterocycles. The minimum atomic E-state index is -0.499. The summed E-state index contributed by atoms with van der Waals surface area (Å²) in [6.07, 6.45) is 4.35. The molecule has 46 heavy (non-hydrogen) atoms. The molecule has 1 spiro atoms. The molecule has 0 radical (unpaired) electrons. The summed E-state index contributed by atoms with van der Waals surface area (Å²) in [5.74, 6) is 0.266. The molecule has 0 aliphatic carbocycles. The maximum absolute atomic E-state index is 14.3. The van der Waals surface area contributed by atoms with Gasteiger partial charge in [0.05, 0.1) is 18.9 Å². The molecular weight excluding hydrogens is 587 g/mol. The number of methoxy groups -OCH3 is 1. The lowest BCUT2D eigenvalue weighted by molar-refractivity contribution is -0.0349. The summed E-state index contributed by atoms with van der Waals surface area (Å²) >= 11 is 0. The highest BCUT2D eigenvalue weighted by Crippen LogP contribution is 2.45. The highest BCUT2D eigenvalue weighted by atomic mass is 19.1. The highest BCUT2D eigenvalue weighted by molar-refractivity contribution is 5.97. The summed E-state index contributed by atoms with van der Waals surface area (Å²) in [5.41, 5.74) is 0.857. The number of ether oxygens (including phenoxy) is 2. The number of halogens is 1. The molecule has 1 atom stereocenters. The summed E-state index contributed by atoms with van der Waals surface area (Å²) in [5, 5.41) is 8.37. The number of nitrogens with zero attached hydrogens (tertiary/aromatic N) is 6. The molecule has 2 fully saturated rings. The van der Waals surface area contributed by atoms with Crippen molar-refractivity contribution in [1.29, 1.82) is 0 Å². The molecule has 0 saturated carbocycles. The summed E-state index contributed by atoms with van der Waals surface area (Å²) in [4.78, 5) is 34.1. The van der Waals surface area contributed by atoms with Crippen LogP contribution in [0.4, 0.5) is 14.9 Å². The molecule has 1 unspecified atom stereocenters. The van der Waals surface area contributed by atoms with Gasteiger partial charge in [0.1, 0.15) is 17.3 Å². The van der Waals surface area contributed by atoms with Crippen molar-refractivity contribution in [1.82, 2.24) is 24.9 Å². The summed E-state index contributed by atoms with van der Waals surface area (Å²) in [7, 11) is 1.44. The Labute approximate surface area is 274 Å². The van der Waals surface area contributed by atoms with E-state index in [-0.39, 0.29) is 40.3 Å². The van der Waals surface area contributed by atoms with Gasteiger partial charge in [-0.3, -0.25) is 9.69 Å².